The fraction of sp³-hybridized carbons (Fsp3) is 0.536. The van der Waals surface area contributed by atoms with Gasteiger partial charge in [-0.25, -0.2) is 0 Å². The van der Waals surface area contributed by atoms with Crippen molar-refractivity contribution >= 4 is 54.0 Å². The van der Waals surface area contributed by atoms with E-state index in [4.69, 9.17) is 27.9 Å². The first-order chi connectivity index (χ1) is 17.1. The Morgan fingerprint density at radius 2 is 1.81 bits per heavy atom. The summed E-state index contributed by atoms with van der Waals surface area (Å²) < 4.78 is 5.60. The van der Waals surface area contributed by atoms with Gasteiger partial charge in [0, 0.05) is 26.9 Å². The maximum absolute atomic E-state index is 9.94. The van der Waals surface area contributed by atoms with Crippen LogP contribution in [-0.4, -0.2) is 38.4 Å². The van der Waals surface area contributed by atoms with Gasteiger partial charge in [-0.1, -0.05) is 63.9 Å². The van der Waals surface area contributed by atoms with Gasteiger partial charge in [-0.15, -0.1) is 24.4 Å². The molecular weight excluding hydrogens is 531 g/mol. The second-order valence-electron chi connectivity index (χ2n) is 9.10. The molecule has 0 spiro atoms. The van der Waals surface area contributed by atoms with Gasteiger partial charge in [0.15, 0.2) is 0 Å². The number of thioether (sulfide) groups is 1. The standard InChI is InChI=1S/C13H18Cl2O.C7H8S2.C6H12N2O.C2H6/c1-13(2,3)7-4-8-16-12-9-10(14)5-6-11(12)15;1-9-7-4-2-3-6(8)5-7;9-5-8-6-1-3-7-4-2-6;1-2/h5-6,9H,4,7-8H2,1-3H3;2-5,8H,1H3;5-7H,1-4H2,(H,8,9);1-2H3. The largest absolute Gasteiger partial charge is 0.492 e. The number of piperidine rings is 1. The fourth-order valence-corrected chi connectivity index (χ4v) is 4.17. The highest BCUT2D eigenvalue weighted by Gasteiger charge is 2.10. The molecular formula is C28H44Cl2N2O2S2. The molecule has 1 aliphatic heterocycles. The van der Waals surface area contributed by atoms with E-state index in [0.717, 1.165) is 50.1 Å². The van der Waals surface area contributed by atoms with E-state index in [0.29, 0.717) is 33.9 Å². The Morgan fingerprint density at radius 1 is 1.14 bits per heavy atom. The molecule has 2 aromatic rings. The van der Waals surface area contributed by atoms with Crippen LogP contribution in [0.5, 0.6) is 5.75 Å². The molecule has 1 heterocycles. The number of halogens is 2. The van der Waals surface area contributed by atoms with Crippen LogP contribution >= 0.6 is 47.6 Å². The van der Waals surface area contributed by atoms with E-state index in [1.54, 1.807) is 30.0 Å². The lowest BCUT2D eigenvalue weighted by Gasteiger charge is -2.21. The van der Waals surface area contributed by atoms with Crippen molar-refractivity contribution in [3.63, 3.8) is 0 Å². The lowest BCUT2D eigenvalue weighted by Crippen LogP contribution is -2.39. The van der Waals surface area contributed by atoms with E-state index >= 15 is 0 Å². The number of nitrogens with one attached hydrogen (secondary N) is 2. The highest BCUT2D eigenvalue weighted by atomic mass is 35.5. The van der Waals surface area contributed by atoms with Crippen molar-refractivity contribution in [2.45, 2.75) is 76.1 Å². The number of hydrogen-bond donors (Lipinski definition) is 3. The molecule has 2 N–H and O–H groups in total. The average Bonchev–Trinajstić information content (AvgIpc) is 2.86. The highest BCUT2D eigenvalue weighted by molar-refractivity contribution is 7.98. The molecule has 0 aromatic heterocycles. The molecule has 0 atom stereocenters. The Morgan fingerprint density at radius 3 is 2.33 bits per heavy atom. The van der Waals surface area contributed by atoms with Crippen LogP contribution in [0.4, 0.5) is 0 Å². The van der Waals surface area contributed by atoms with Crippen molar-refractivity contribution in [1.82, 2.24) is 10.6 Å². The third kappa shape index (κ3) is 18.2. The number of carbonyl (C=O) groups is 1. The lowest BCUT2D eigenvalue weighted by atomic mass is 9.91. The zero-order chi connectivity index (χ0) is 27.4. The molecule has 4 nitrogen and oxygen atoms in total. The molecule has 0 saturated carbocycles. The lowest BCUT2D eigenvalue weighted by molar-refractivity contribution is -0.110. The molecule has 0 unspecified atom stereocenters. The normalized spacial score (nSPS) is 13.0. The summed E-state index contributed by atoms with van der Waals surface area (Å²) in [6, 6.07) is 13.8. The molecule has 0 radical (unpaired) electrons. The maximum atomic E-state index is 9.94. The fourth-order valence-electron chi connectivity index (χ4n) is 3.07. The van der Waals surface area contributed by atoms with Crippen molar-refractivity contribution in [3.8, 4) is 5.75 Å². The van der Waals surface area contributed by atoms with Crippen molar-refractivity contribution in [1.29, 1.82) is 0 Å². The molecule has 204 valence electrons. The van der Waals surface area contributed by atoms with Crippen molar-refractivity contribution in [3.05, 3.63) is 52.5 Å². The summed E-state index contributed by atoms with van der Waals surface area (Å²) in [6.45, 7) is 13.4. The van der Waals surface area contributed by atoms with Gasteiger partial charge in [0.2, 0.25) is 6.41 Å². The Balaban J connectivity index is 0.000000524. The van der Waals surface area contributed by atoms with Gasteiger partial charge in [0.25, 0.3) is 0 Å². The highest BCUT2D eigenvalue weighted by Crippen LogP contribution is 2.28. The molecule has 8 heteroatoms. The second kappa shape index (κ2) is 20.9. The Kier molecular flexibility index (Phi) is 20.3. The van der Waals surface area contributed by atoms with Crippen LogP contribution in [0.2, 0.25) is 10.0 Å². The minimum Gasteiger partial charge on any atom is -0.492 e. The van der Waals surface area contributed by atoms with E-state index in [9.17, 15) is 4.79 Å². The first-order valence-corrected chi connectivity index (χ1v) is 14.9. The number of benzene rings is 2. The smallest absolute Gasteiger partial charge is 0.207 e. The summed E-state index contributed by atoms with van der Waals surface area (Å²) in [7, 11) is 0. The van der Waals surface area contributed by atoms with Gasteiger partial charge >= 0.3 is 0 Å². The van der Waals surface area contributed by atoms with Gasteiger partial charge in [0.1, 0.15) is 5.75 Å². The molecule has 1 saturated heterocycles. The van der Waals surface area contributed by atoms with E-state index in [1.807, 2.05) is 32.0 Å². The predicted molar refractivity (Wildman–Crippen MR) is 163 cm³/mol. The maximum Gasteiger partial charge on any atom is 0.207 e. The number of hydrogen-bond acceptors (Lipinski definition) is 5. The summed E-state index contributed by atoms with van der Waals surface area (Å²) in [6.07, 6.45) is 7.13. The number of ether oxygens (including phenoxy) is 1. The molecule has 0 aliphatic carbocycles. The number of amides is 1. The van der Waals surface area contributed by atoms with Crippen LogP contribution in [0.1, 0.15) is 60.3 Å². The molecule has 2 aromatic carbocycles. The van der Waals surface area contributed by atoms with Crippen LogP contribution in [0, 0.1) is 5.41 Å². The Bertz CT molecular complexity index is 843. The zero-order valence-electron chi connectivity index (χ0n) is 22.6. The van der Waals surface area contributed by atoms with E-state index in [2.05, 4.69) is 56.4 Å². The topological polar surface area (TPSA) is 50.4 Å². The number of thiol groups is 1. The Hall–Kier alpha value is -1.05. The monoisotopic (exact) mass is 574 g/mol. The van der Waals surface area contributed by atoms with Gasteiger partial charge in [-0.2, -0.15) is 0 Å². The van der Waals surface area contributed by atoms with Crippen molar-refractivity contribution in [2.75, 3.05) is 26.0 Å². The number of carbonyl (C=O) groups excluding carboxylic acids is 1. The van der Waals surface area contributed by atoms with Crippen LogP contribution in [0.15, 0.2) is 52.3 Å². The van der Waals surface area contributed by atoms with E-state index in [-0.39, 0.29) is 0 Å². The van der Waals surface area contributed by atoms with Crippen LogP contribution < -0.4 is 15.4 Å². The summed E-state index contributed by atoms with van der Waals surface area (Å²) >= 11 is 17.8. The third-order valence-electron chi connectivity index (χ3n) is 4.92. The molecule has 36 heavy (non-hydrogen) atoms. The first-order valence-electron chi connectivity index (χ1n) is 12.5. The first kappa shape index (κ1) is 35.0. The van der Waals surface area contributed by atoms with Crippen LogP contribution in [0.3, 0.4) is 0 Å². The summed E-state index contributed by atoms with van der Waals surface area (Å²) in [5.41, 5.74) is 0.349. The minimum absolute atomic E-state index is 0.349. The summed E-state index contributed by atoms with van der Waals surface area (Å²) in [4.78, 5) is 12.2. The number of rotatable bonds is 7. The van der Waals surface area contributed by atoms with Crippen LogP contribution in [-0.2, 0) is 4.79 Å². The van der Waals surface area contributed by atoms with Crippen molar-refractivity contribution in [2.24, 2.45) is 5.41 Å². The molecule has 1 amide bonds. The summed E-state index contributed by atoms with van der Waals surface area (Å²) in [5.74, 6) is 0.670. The zero-order valence-corrected chi connectivity index (χ0v) is 25.8. The second-order valence-corrected chi connectivity index (χ2v) is 11.3. The van der Waals surface area contributed by atoms with Gasteiger partial charge < -0.3 is 15.4 Å². The quantitative estimate of drug-likeness (QED) is 0.134. The molecule has 0 bridgehead atoms. The van der Waals surface area contributed by atoms with Crippen molar-refractivity contribution < 1.29 is 9.53 Å². The molecule has 1 aliphatic rings. The summed E-state index contributed by atoms with van der Waals surface area (Å²) in [5, 5.41) is 7.24. The third-order valence-corrected chi connectivity index (χ3v) is 6.47. The molecule has 3 rings (SSSR count). The van der Waals surface area contributed by atoms with Gasteiger partial charge in [-0.05, 0) is 80.8 Å². The predicted octanol–water partition coefficient (Wildman–Crippen LogP) is 8.41. The van der Waals surface area contributed by atoms with Gasteiger partial charge in [0.05, 0.1) is 11.6 Å². The van der Waals surface area contributed by atoms with E-state index < -0.39 is 0 Å². The van der Waals surface area contributed by atoms with E-state index in [1.165, 1.54) is 4.90 Å². The molecule has 1 fully saturated rings. The Labute approximate surface area is 239 Å². The minimum atomic E-state index is 0.349. The average molecular weight is 576 g/mol. The van der Waals surface area contributed by atoms with Gasteiger partial charge in [-0.3, -0.25) is 4.79 Å². The SMILES string of the molecule is CC.CC(C)(C)CCCOc1cc(Cl)ccc1Cl.CSc1cccc(S)c1.O=CNC1CCNCC1. The van der Waals surface area contributed by atoms with Crippen LogP contribution in [0.25, 0.3) is 0 Å².